The molecule has 0 fully saturated rings. The molecular formula is C10H12O4S. The average molecular weight is 228 g/mol. The lowest BCUT2D eigenvalue weighted by molar-refractivity contribution is 0.111. The maximum absolute atomic E-state index is 11.6. The van der Waals surface area contributed by atoms with Crippen molar-refractivity contribution < 1.29 is 17.4 Å². The van der Waals surface area contributed by atoms with E-state index in [2.05, 4.69) is 0 Å². The fraction of sp³-hybridized carbons (Fsp3) is 0.300. The lowest BCUT2D eigenvalue weighted by Crippen LogP contribution is -2.14. The molecule has 0 aliphatic rings. The van der Waals surface area contributed by atoms with Crippen molar-refractivity contribution in [3.8, 4) is 0 Å². The molecule has 0 aliphatic heterocycles. The van der Waals surface area contributed by atoms with E-state index in [0.717, 1.165) is 0 Å². The Morgan fingerprint density at radius 1 is 1.27 bits per heavy atom. The second kappa shape index (κ2) is 4.55. The summed E-state index contributed by atoms with van der Waals surface area (Å²) >= 11 is 0. The molecule has 0 radical (unpaired) electrons. The van der Waals surface area contributed by atoms with Crippen LogP contribution in [0.1, 0.15) is 24.2 Å². The molecule has 0 aromatic heterocycles. The summed E-state index contributed by atoms with van der Waals surface area (Å²) in [5, 5.41) is 0. The van der Waals surface area contributed by atoms with Gasteiger partial charge in [0.25, 0.3) is 10.1 Å². The number of aldehydes is 1. The topological polar surface area (TPSA) is 60.4 Å². The normalized spacial score (nSPS) is 11.7. The third-order valence-electron chi connectivity index (χ3n) is 1.63. The second-order valence-electron chi connectivity index (χ2n) is 3.25. The Morgan fingerprint density at radius 2 is 1.87 bits per heavy atom. The first-order valence-corrected chi connectivity index (χ1v) is 5.85. The van der Waals surface area contributed by atoms with Crippen LogP contribution < -0.4 is 0 Å². The van der Waals surface area contributed by atoms with Gasteiger partial charge in [0.1, 0.15) is 4.90 Å². The molecular weight excluding hydrogens is 216 g/mol. The van der Waals surface area contributed by atoms with Crippen molar-refractivity contribution in [2.75, 3.05) is 0 Å². The molecule has 0 bridgehead atoms. The van der Waals surface area contributed by atoms with E-state index >= 15 is 0 Å². The minimum Gasteiger partial charge on any atom is -0.298 e. The van der Waals surface area contributed by atoms with Gasteiger partial charge in [-0.05, 0) is 19.9 Å². The Bertz CT molecular complexity index is 448. The Hall–Kier alpha value is -1.20. The molecule has 0 spiro atoms. The zero-order valence-electron chi connectivity index (χ0n) is 8.51. The van der Waals surface area contributed by atoms with Crippen LogP contribution in [0.5, 0.6) is 0 Å². The average Bonchev–Trinajstić information content (AvgIpc) is 2.16. The van der Waals surface area contributed by atoms with Crippen LogP contribution in [0, 0.1) is 0 Å². The Morgan fingerprint density at radius 3 is 2.40 bits per heavy atom. The molecule has 0 heterocycles. The molecule has 0 aliphatic carbocycles. The van der Waals surface area contributed by atoms with Crippen LogP contribution in [0.25, 0.3) is 0 Å². The number of hydrogen-bond donors (Lipinski definition) is 0. The molecule has 5 heteroatoms. The first-order chi connectivity index (χ1) is 6.97. The van der Waals surface area contributed by atoms with Crippen molar-refractivity contribution in [3.05, 3.63) is 29.8 Å². The molecule has 15 heavy (non-hydrogen) atoms. The van der Waals surface area contributed by atoms with Gasteiger partial charge in [0.15, 0.2) is 6.29 Å². The molecule has 0 unspecified atom stereocenters. The van der Waals surface area contributed by atoms with Gasteiger partial charge < -0.3 is 0 Å². The van der Waals surface area contributed by atoms with Crippen LogP contribution in [0.4, 0.5) is 0 Å². The van der Waals surface area contributed by atoms with Gasteiger partial charge in [-0.25, -0.2) is 0 Å². The van der Waals surface area contributed by atoms with Crippen molar-refractivity contribution in [3.63, 3.8) is 0 Å². The molecule has 0 amide bonds. The number of carbonyl (C=O) groups excluding carboxylic acids is 1. The molecule has 0 saturated carbocycles. The maximum atomic E-state index is 11.6. The summed E-state index contributed by atoms with van der Waals surface area (Å²) in [6, 6.07) is 5.92. The van der Waals surface area contributed by atoms with E-state index in [1.54, 1.807) is 26.0 Å². The van der Waals surface area contributed by atoms with Gasteiger partial charge >= 0.3 is 0 Å². The van der Waals surface area contributed by atoms with E-state index in [1.165, 1.54) is 12.1 Å². The van der Waals surface area contributed by atoms with E-state index in [4.69, 9.17) is 4.18 Å². The molecule has 0 saturated heterocycles. The van der Waals surface area contributed by atoms with Gasteiger partial charge in [-0.1, -0.05) is 18.2 Å². The third kappa shape index (κ3) is 2.87. The molecule has 1 rings (SSSR count). The Balaban J connectivity index is 3.21. The fourth-order valence-electron chi connectivity index (χ4n) is 1.11. The smallest absolute Gasteiger partial charge is 0.297 e. The van der Waals surface area contributed by atoms with Crippen LogP contribution in [0.2, 0.25) is 0 Å². The van der Waals surface area contributed by atoms with Crippen LogP contribution in [-0.2, 0) is 14.3 Å². The van der Waals surface area contributed by atoms with Crippen LogP contribution >= 0.6 is 0 Å². The number of hydrogen-bond acceptors (Lipinski definition) is 4. The maximum Gasteiger partial charge on any atom is 0.297 e. The lowest BCUT2D eigenvalue weighted by Gasteiger charge is -2.09. The highest BCUT2D eigenvalue weighted by Crippen LogP contribution is 2.17. The summed E-state index contributed by atoms with van der Waals surface area (Å²) in [4.78, 5) is 10.6. The summed E-state index contributed by atoms with van der Waals surface area (Å²) in [5.41, 5.74) is 0.109. The van der Waals surface area contributed by atoms with E-state index in [9.17, 15) is 13.2 Å². The minimum absolute atomic E-state index is 0.0892. The van der Waals surface area contributed by atoms with E-state index in [-0.39, 0.29) is 10.5 Å². The summed E-state index contributed by atoms with van der Waals surface area (Å²) in [7, 11) is -3.83. The lowest BCUT2D eigenvalue weighted by atomic mass is 10.2. The van der Waals surface area contributed by atoms with Crippen molar-refractivity contribution in [1.29, 1.82) is 0 Å². The number of rotatable bonds is 4. The Labute approximate surface area is 89.0 Å². The third-order valence-corrected chi connectivity index (χ3v) is 3.18. The predicted molar refractivity (Wildman–Crippen MR) is 55.2 cm³/mol. The highest BCUT2D eigenvalue weighted by atomic mass is 32.2. The van der Waals surface area contributed by atoms with Gasteiger partial charge in [0.05, 0.1) is 6.10 Å². The van der Waals surface area contributed by atoms with Crippen molar-refractivity contribution in [2.45, 2.75) is 24.8 Å². The fourth-order valence-corrected chi connectivity index (χ4v) is 2.37. The van der Waals surface area contributed by atoms with E-state index < -0.39 is 16.2 Å². The van der Waals surface area contributed by atoms with Gasteiger partial charge in [-0.2, -0.15) is 8.42 Å². The first kappa shape index (κ1) is 11.9. The zero-order chi connectivity index (χ0) is 11.5. The molecule has 1 aromatic rings. The van der Waals surface area contributed by atoms with Gasteiger partial charge in [-0.15, -0.1) is 0 Å². The zero-order valence-corrected chi connectivity index (χ0v) is 9.32. The Kier molecular flexibility index (Phi) is 3.60. The van der Waals surface area contributed by atoms with Crippen LogP contribution in [-0.4, -0.2) is 20.8 Å². The molecule has 0 N–H and O–H groups in total. The minimum atomic E-state index is -3.83. The molecule has 0 atom stereocenters. The van der Waals surface area contributed by atoms with Gasteiger partial charge in [0.2, 0.25) is 0 Å². The number of carbonyl (C=O) groups is 1. The monoisotopic (exact) mass is 228 g/mol. The summed E-state index contributed by atoms with van der Waals surface area (Å²) in [6.45, 7) is 3.22. The van der Waals surface area contributed by atoms with Crippen molar-refractivity contribution in [2.24, 2.45) is 0 Å². The van der Waals surface area contributed by atoms with Gasteiger partial charge in [-0.3, -0.25) is 8.98 Å². The number of benzene rings is 1. The second-order valence-corrected chi connectivity index (χ2v) is 4.80. The standard InChI is InChI=1S/C10H12O4S/c1-8(2)14-15(12,13)10-6-4-3-5-9(10)7-11/h3-8H,1-2H3. The summed E-state index contributed by atoms with van der Waals surface area (Å²) in [5.74, 6) is 0. The van der Waals surface area contributed by atoms with Crippen LogP contribution in [0.3, 0.4) is 0 Å². The van der Waals surface area contributed by atoms with Crippen LogP contribution in [0.15, 0.2) is 29.2 Å². The predicted octanol–water partition coefficient (Wildman–Crippen LogP) is 1.61. The quantitative estimate of drug-likeness (QED) is 0.580. The first-order valence-electron chi connectivity index (χ1n) is 4.45. The van der Waals surface area contributed by atoms with E-state index in [1.807, 2.05) is 0 Å². The van der Waals surface area contributed by atoms with Crippen molar-refractivity contribution >= 4 is 16.4 Å². The van der Waals surface area contributed by atoms with Gasteiger partial charge in [0, 0.05) is 5.56 Å². The summed E-state index contributed by atoms with van der Waals surface area (Å²) in [6.07, 6.45) is 0.0473. The summed E-state index contributed by atoms with van der Waals surface area (Å²) < 4.78 is 28.1. The molecule has 4 nitrogen and oxygen atoms in total. The highest BCUT2D eigenvalue weighted by molar-refractivity contribution is 7.86. The van der Waals surface area contributed by atoms with E-state index in [0.29, 0.717) is 6.29 Å². The molecule has 82 valence electrons. The molecule has 1 aromatic carbocycles. The SMILES string of the molecule is CC(C)OS(=O)(=O)c1ccccc1C=O. The van der Waals surface area contributed by atoms with Crippen molar-refractivity contribution in [1.82, 2.24) is 0 Å². The highest BCUT2D eigenvalue weighted by Gasteiger charge is 2.20. The largest absolute Gasteiger partial charge is 0.298 e.